The minimum Gasteiger partial charge on any atom is -0.391 e. The Morgan fingerprint density at radius 2 is 2.00 bits per heavy atom. The standard InChI is InChI=1S/C16H19ClN2O/c17-16-14(11-20)15(13-8-9-13)18-19(16)10-4-7-12-5-2-1-3-6-12/h1-3,5-6,13,20H,4,7-11H2. The van der Waals surface area contributed by atoms with Gasteiger partial charge in [0.2, 0.25) is 0 Å². The van der Waals surface area contributed by atoms with Gasteiger partial charge in [0.1, 0.15) is 5.15 Å². The number of nitrogens with zero attached hydrogens (tertiary/aromatic N) is 2. The van der Waals surface area contributed by atoms with Gasteiger partial charge in [0, 0.05) is 18.0 Å². The highest BCUT2D eigenvalue weighted by molar-refractivity contribution is 6.30. The van der Waals surface area contributed by atoms with E-state index in [-0.39, 0.29) is 6.61 Å². The predicted molar refractivity (Wildman–Crippen MR) is 79.9 cm³/mol. The van der Waals surface area contributed by atoms with Gasteiger partial charge in [-0.25, -0.2) is 0 Å². The predicted octanol–water partition coefficient (Wildman–Crippen LogP) is 3.54. The quantitative estimate of drug-likeness (QED) is 0.884. The van der Waals surface area contributed by atoms with E-state index in [1.807, 2.05) is 10.7 Å². The molecule has 0 amide bonds. The molecule has 1 aliphatic carbocycles. The Morgan fingerprint density at radius 1 is 1.25 bits per heavy atom. The second kappa shape index (κ2) is 5.98. The van der Waals surface area contributed by atoms with Gasteiger partial charge >= 0.3 is 0 Å². The third-order valence-corrected chi connectivity index (χ3v) is 4.24. The van der Waals surface area contributed by atoms with Crippen LogP contribution in [-0.2, 0) is 19.6 Å². The zero-order valence-electron chi connectivity index (χ0n) is 11.4. The monoisotopic (exact) mass is 290 g/mol. The van der Waals surface area contributed by atoms with E-state index >= 15 is 0 Å². The van der Waals surface area contributed by atoms with E-state index in [0.29, 0.717) is 11.1 Å². The second-order valence-electron chi connectivity index (χ2n) is 5.40. The van der Waals surface area contributed by atoms with Crippen LogP contribution in [-0.4, -0.2) is 14.9 Å². The lowest BCUT2D eigenvalue weighted by Crippen LogP contribution is -2.02. The van der Waals surface area contributed by atoms with Crippen LogP contribution < -0.4 is 0 Å². The Kier molecular flexibility index (Phi) is 4.08. The van der Waals surface area contributed by atoms with Gasteiger partial charge in [-0.05, 0) is 31.2 Å². The highest BCUT2D eigenvalue weighted by atomic mass is 35.5. The second-order valence-corrected chi connectivity index (χ2v) is 5.76. The molecule has 0 spiro atoms. The maximum absolute atomic E-state index is 9.45. The molecule has 3 rings (SSSR count). The number of hydrogen-bond donors (Lipinski definition) is 1. The van der Waals surface area contributed by atoms with Crippen molar-refractivity contribution < 1.29 is 5.11 Å². The van der Waals surface area contributed by atoms with Crippen LogP contribution >= 0.6 is 11.6 Å². The van der Waals surface area contributed by atoms with E-state index in [0.717, 1.165) is 30.6 Å². The van der Waals surface area contributed by atoms with Gasteiger partial charge < -0.3 is 5.11 Å². The molecule has 0 radical (unpaired) electrons. The molecule has 1 aliphatic rings. The molecule has 20 heavy (non-hydrogen) atoms. The lowest BCUT2D eigenvalue weighted by atomic mass is 10.1. The summed E-state index contributed by atoms with van der Waals surface area (Å²) >= 11 is 6.32. The summed E-state index contributed by atoms with van der Waals surface area (Å²) < 4.78 is 1.85. The third kappa shape index (κ3) is 2.89. The first kappa shape index (κ1) is 13.7. The van der Waals surface area contributed by atoms with Crippen LogP contribution in [0.25, 0.3) is 0 Å². The van der Waals surface area contributed by atoms with Gasteiger partial charge in [0.05, 0.1) is 12.3 Å². The van der Waals surface area contributed by atoms with Crippen LogP contribution in [0.4, 0.5) is 0 Å². The molecule has 4 heteroatoms. The molecule has 0 aliphatic heterocycles. The summed E-state index contributed by atoms with van der Waals surface area (Å²) in [5, 5.41) is 14.7. The summed E-state index contributed by atoms with van der Waals surface area (Å²) in [6.07, 6.45) is 4.36. The van der Waals surface area contributed by atoms with Gasteiger partial charge in [-0.1, -0.05) is 41.9 Å². The number of aryl methyl sites for hydroxylation is 2. The molecule has 1 saturated carbocycles. The van der Waals surface area contributed by atoms with Crippen LogP contribution in [0.3, 0.4) is 0 Å². The number of aromatic nitrogens is 2. The Bertz CT molecular complexity index is 576. The largest absolute Gasteiger partial charge is 0.391 e. The van der Waals surface area contributed by atoms with Crippen molar-refractivity contribution in [2.75, 3.05) is 0 Å². The van der Waals surface area contributed by atoms with E-state index in [4.69, 9.17) is 11.6 Å². The van der Waals surface area contributed by atoms with Crippen LogP contribution in [0.1, 0.15) is 42.0 Å². The maximum Gasteiger partial charge on any atom is 0.132 e. The summed E-state index contributed by atoms with van der Waals surface area (Å²) in [5.74, 6) is 0.519. The lowest BCUT2D eigenvalue weighted by Gasteiger charge is -2.04. The molecule has 106 valence electrons. The van der Waals surface area contributed by atoms with Crippen LogP contribution in [0.2, 0.25) is 5.15 Å². The summed E-state index contributed by atoms with van der Waals surface area (Å²) in [6.45, 7) is 0.788. The molecular formula is C16H19ClN2O. The smallest absolute Gasteiger partial charge is 0.132 e. The highest BCUT2D eigenvalue weighted by Crippen LogP contribution is 2.42. The average molecular weight is 291 g/mol. The fourth-order valence-electron chi connectivity index (χ4n) is 2.55. The van der Waals surface area contributed by atoms with Crippen molar-refractivity contribution in [1.29, 1.82) is 0 Å². The molecule has 0 atom stereocenters. The number of aliphatic hydroxyl groups excluding tert-OH is 1. The third-order valence-electron chi connectivity index (χ3n) is 3.81. The Hall–Kier alpha value is -1.32. The van der Waals surface area contributed by atoms with Crippen LogP contribution in [0, 0.1) is 0 Å². The van der Waals surface area contributed by atoms with Gasteiger partial charge in [0.15, 0.2) is 0 Å². The molecular weight excluding hydrogens is 272 g/mol. The molecule has 0 saturated heterocycles. The molecule has 1 aromatic heterocycles. The van der Waals surface area contributed by atoms with E-state index in [9.17, 15) is 5.11 Å². The van der Waals surface area contributed by atoms with Gasteiger partial charge in [-0.2, -0.15) is 5.10 Å². The minimum atomic E-state index is -0.0106. The van der Waals surface area contributed by atoms with Crippen molar-refractivity contribution in [1.82, 2.24) is 9.78 Å². The van der Waals surface area contributed by atoms with Crippen molar-refractivity contribution in [2.24, 2.45) is 0 Å². The van der Waals surface area contributed by atoms with Crippen molar-refractivity contribution >= 4 is 11.6 Å². The van der Waals surface area contributed by atoms with Gasteiger partial charge in [-0.3, -0.25) is 4.68 Å². The first-order valence-corrected chi connectivity index (χ1v) is 7.57. The van der Waals surface area contributed by atoms with E-state index in [2.05, 4.69) is 29.4 Å². The SMILES string of the molecule is OCc1c(C2CC2)nn(CCCc2ccccc2)c1Cl. The number of hydrogen-bond acceptors (Lipinski definition) is 2. The fourth-order valence-corrected chi connectivity index (χ4v) is 2.83. The first-order valence-electron chi connectivity index (χ1n) is 7.19. The molecule has 1 aromatic carbocycles. The van der Waals surface area contributed by atoms with Crippen molar-refractivity contribution in [3.8, 4) is 0 Å². The molecule has 0 unspecified atom stereocenters. The molecule has 2 aromatic rings. The number of rotatable bonds is 6. The first-order chi connectivity index (χ1) is 9.79. The average Bonchev–Trinajstić information content (AvgIpc) is 3.26. The van der Waals surface area contributed by atoms with E-state index in [1.165, 1.54) is 18.4 Å². The lowest BCUT2D eigenvalue weighted by molar-refractivity contribution is 0.280. The molecule has 1 fully saturated rings. The summed E-state index contributed by atoms with van der Waals surface area (Å²) in [6, 6.07) is 10.4. The zero-order valence-corrected chi connectivity index (χ0v) is 12.2. The van der Waals surface area contributed by atoms with Crippen LogP contribution in [0.5, 0.6) is 0 Å². The van der Waals surface area contributed by atoms with Gasteiger partial charge in [0.25, 0.3) is 0 Å². The molecule has 3 nitrogen and oxygen atoms in total. The highest BCUT2D eigenvalue weighted by Gasteiger charge is 2.30. The Labute approximate surface area is 124 Å². The molecule has 1 N–H and O–H groups in total. The summed E-state index contributed by atoms with van der Waals surface area (Å²) in [4.78, 5) is 0. The number of benzene rings is 1. The van der Waals surface area contributed by atoms with Crippen molar-refractivity contribution in [3.05, 3.63) is 52.3 Å². The van der Waals surface area contributed by atoms with E-state index in [1.54, 1.807) is 0 Å². The van der Waals surface area contributed by atoms with Gasteiger partial charge in [-0.15, -0.1) is 0 Å². The number of aliphatic hydroxyl groups is 1. The van der Waals surface area contributed by atoms with Crippen LogP contribution in [0.15, 0.2) is 30.3 Å². The zero-order chi connectivity index (χ0) is 13.9. The normalized spacial score (nSPS) is 14.7. The molecule has 1 heterocycles. The van der Waals surface area contributed by atoms with Crippen molar-refractivity contribution in [3.63, 3.8) is 0 Å². The fraction of sp³-hybridized carbons (Fsp3) is 0.438. The number of halogens is 1. The maximum atomic E-state index is 9.45. The van der Waals surface area contributed by atoms with E-state index < -0.39 is 0 Å². The Balaban J connectivity index is 1.65. The minimum absolute atomic E-state index is 0.0106. The molecule has 0 bridgehead atoms. The summed E-state index contributed by atoms with van der Waals surface area (Å²) in [7, 11) is 0. The topological polar surface area (TPSA) is 38.1 Å². The Morgan fingerprint density at radius 3 is 2.65 bits per heavy atom. The van der Waals surface area contributed by atoms with Crippen molar-refractivity contribution in [2.45, 2.75) is 44.8 Å². The summed E-state index contributed by atoms with van der Waals surface area (Å²) in [5.41, 5.74) is 3.17.